The average Bonchev–Trinajstić information content (AvgIpc) is 2.44. The van der Waals surface area contributed by atoms with E-state index in [0.717, 1.165) is 25.9 Å². The van der Waals surface area contributed by atoms with E-state index in [2.05, 4.69) is 10.6 Å². The average molecular weight is 299 g/mol. The van der Waals surface area contributed by atoms with Crippen molar-refractivity contribution in [3.63, 3.8) is 0 Å². The second-order valence-electron chi connectivity index (χ2n) is 6.00. The van der Waals surface area contributed by atoms with Crippen LogP contribution in [0.1, 0.15) is 19.8 Å². The lowest BCUT2D eigenvalue weighted by molar-refractivity contribution is -0.147. The number of methoxy groups -OCH3 is 1. The largest absolute Gasteiger partial charge is 0.375 e. The van der Waals surface area contributed by atoms with E-state index in [1.165, 1.54) is 7.11 Å². The molecule has 2 amide bonds. The molecular weight excluding hydrogens is 274 g/mol. The lowest BCUT2D eigenvalue weighted by atomic mass is 10.0. The van der Waals surface area contributed by atoms with Crippen molar-refractivity contribution in [2.75, 3.05) is 46.5 Å². The van der Waals surface area contributed by atoms with Gasteiger partial charge in [-0.1, -0.05) is 0 Å². The Bertz CT molecular complexity index is 376. The van der Waals surface area contributed by atoms with E-state index in [9.17, 15) is 9.59 Å². The number of ether oxygens (including phenoxy) is 2. The van der Waals surface area contributed by atoms with E-state index in [1.54, 1.807) is 0 Å². The van der Waals surface area contributed by atoms with E-state index in [-0.39, 0.29) is 36.7 Å². The zero-order valence-electron chi connectivity index (χ0n) is 12.8. The molecule has 0 atom stereocenters. The summed E-state index contributed by atoms with van der Waals surface area (Å²) in [5.74, 6) is -0.0687. The summed E-state index contributed by atoms with van der Waals surface area (Å²) in [5, 5.41) is 6.05. The Morgan fingerprint density at radius 1 is 1.29 bits per heavy atom. The Kier molecular flexibility index (Phi) is 5.55. The van der Waals surface area contributed by atoms with E-state index in [4.69, 9.17) is 9.47 Å². The molecular formula is C14H25N3O4. The van der Waals surface area contributed by atoms with Gasteiger partial charge in [-0.3, -0.25) is 9.59 Å². The number of likely N-dealkylation sites (tertiary alicyclic amines) is 1. The maximum atomic E-state index is 12.1. The van der Waals surface area contributed by atoms with Crippen molar-refractivity contribution < 1.29 is 19.1 Å². The summed E-state index contributed by atoms with van der Waals surface area (Å²) < 4.78 is 10.5. The molecule has 0 saturated carbocycles. The second kappa shape index (κ2) is 7.20. The van der Waals surface area contributed by atoms with Crippen LogP contribution in [0.25, 0.3) is 0 Å². The maximum Gasteiger partial charge on any atom is 0.248 e. The quantitative estimate of drug-likeness (QED) is 0.666. The van der Waals surface area contributed by atoms with E-state index >= 15 is 0 Å². The minimum absolute atomic E-state index is 0.0322. The van der Waals surface area contributed by atoms with Gasteiger partial charge in [0.25, 0.3) is 0 Å². The number of nitrogens with one attached hydrogen (secondary N) is 2. The molecule has 0 radical (unpaired) electrons. The van der Waals surface area contributed by atoms with Crippen LogP contribution >= 0.6 is 0 Å². The second-order valence-corrected chi connectivity index (χ2v) is 6.00. The van der Waals surface area contributed by atoms with Gasteiger partial charge in [-0.25, -0.2) is 0 Å². The van der Waals surface area contributed by atoms with E-state index in [0.29, 0.717) is 13.1 Å². The highest BCUT2D eigenvalue weighted by Crippen LogP contribution is 2.16. The first kappa shape index (κ1) is 16.2. The molecule has 0 aliphatic carbocycles. The molecule has 0 aromatic carbocycles. The van der Waals surface area contributed by atoms with Crippen molar-refractivity contribution in [1.29, 1.82) is 0 Å². The molecule has 7 heteroatoms. The SMILES string of the molecule is COCC(=O)NC1CCN(C(=O)COC2(C)CNC2)CC1. The van der Waals surface area contributed by atoms with Gasteiger partial charge in [-0.15, -0.1) is 0 Å². The van der Waals surface area contributed by atoms with Crippen LogP contribution in [0, 0.1) is 0 Å². The molecule has 21 heavy (non-hydrogen) atoms. The molecule has 120 valence electrons. The first-order valence-electron chi connectivity index (χ1n) is 7.43. The van der Waals surface area contributed by atoms with Crippen LogP contribution in [0.15, 0.2) is 0 Å². The van der Waals surface area contributed by atoms with E-state index in [1.807, 2.05) is 11.8 Å². The van der Waals surface area contributed by atoms with Crippen molar-refractivity contribution in [3.05, 3.63) is 0 Å². The van der Waals surface area contributed by atoms with Crippen LogP contribution in [0.2, 0.25) is 0 Å². The van der Waals surface area contributed by atoms with Crippen molar-refractivity contribution in [3.8, 4) is 0 Å². The Morgan fingerprint density at radius 3 is 2.48 bits per heavy atom. The number of rotatable bonds is 6. The molecule has 2 fully saturated rings. The van der Waals surface area contributed by atoms with Gasteiger partial charge in [0.05, 0.1) is 5.60 Å². The van der Waals surface area contributed by atoms with Gasteiger partial charge in [0.1, 0.15) is 13.2 Å². The fourth-order valence-corrected chi connectivity index (χ4v) is 2.58. The summed E-state index contributed by atoms with van der Waals surface area (Å²) in [5.41, 5.74) is -0.192. The fourth-order valence-electron chi connectivity index (χ4n) is 2.58. The predicted octanol–water partition coefficient (Wildman–Crippen LogP) is -0.881. The molecule has 2 N–H and O–H groups in total. The Labute approximate surface area is 125 Å². The van der Waals surface area contributed by atoms with Gasteiger partial charge in [0, 0.05) is 39.3 Å². The summed E-state index contributed by atoms with van der Waals surface area (Å²) >= 11 is 0. The van der Waals surface area contributed by atoms with Crippen LogP contribution < -0.4 is 10.6 Å². The third kappa shape index (κ3) is 4.66. The zero-order valence-corrected chi connectivity index (χ0v) is 12.8. The molecule has 0 bridgehead atoms. The van der Waals surface area contributed by atoms with Crippen molar-refractivity contribution in [1.82, 2.24) is 15.5 Å². The van der Waals surface area contributed by atoms with Crippen LogP contribution in [-0.2, 0) is 19.1 Å². The minimum Gasteiger partial charge on any atom is -0.375 e. The topological polar surface area (TPSA) is 79.9 Å². The first-order valence-corrected chi connectivity index (χ1v) is 7.43. The number of carbonyl (C=O) groups is 2. The molecule has 0 aromatic rings. The third-order valence-electron chi connectivity index (χ3n) is 4.03. The van der Waals surface area contributed by atoms with Gasteiger partial charge >= 0.3 is 0 Å². The van der Waals surface area contributed by atoms with Gasteiger partial charge < -0.3 is 25.0 Å². The Hall–Kier alpha value is -1.18. The number of hydrogen-bond donors (Lipinski definition) is 2. The molecule has 0 aromatic heterocycles. The fraction of sp³-hybridized carbons (Fsp3) is 0.857. The number of piperidine rings is 1. The highest BCUT2D eigenvalue weighted by atomic mass is 16.5. The summed E-state index contributed by atoms with van der Waals surface area (Å²) in [6.45, 7) is 5.15. The van der Waals surface area contributed by atoms with Gasteiger partial charge in [-0.2, -0.15) is 0 Å². The first-order chi connectivity index (χ1) is 10.0. The zero-order chi connectivity index (χ0) is 15.3. The number of nitrogens with zero attached hydrogens (tertiary/aromatic N) is 1. The number of hydrogen-bond acceptors (Lipinski definition) is 5. The standard InChI is InChI=1S/C14H25N3O4/c1-14(9-15-10-14)21-8-13(19)17-5-3-11(4-6-17)16-12(18)7-20-2/h11,15H,3-10H2,1-2H3,(H,16,18). The monoisotopic (exact) mass is 299 g/mol. The van der Waals surface area contributed by atoms with Crippen LogP contribution in [0.3, 0.4) is 0 Å². The summed E-state index contributed by atoms with van der Waals surface area (Å²) in [7, 11) is 1.50. The lowest BCUT2D eigenvalue weighted by Gasteiger charge is -2.39. The third-order valence-corrected chi connectivity index (χ3v) is 4.03. The van der Waals surface area contributed by atoms with Crippen LogP contribution in [0.4, 0.5) is 0 Å². The summed E-state index contributed by atoms with van der Waals surface area (Å²) in [4.78, 5) is 25.3. The smallest absolute Gasteiger partial charge is 0.248 e. The van der Waals surface area contributed by atoms with Gasteiger partial charge in [0.15, 0.2) is 0 Å². The summed E-state index contributed by atoms with van der Waals surface area (Å²) in [6.07, 6.45) is 1.56. The highest BCUT2D eigenvalue weighted by molar-refractivity contribution is 5.78. The molecule has 2 rings (SSSR count). The molecule has 7 nitrogen and oxygen atoms in total. The van der Waals surface area contributed by atoms with Crippen molar-refractivity contribution in [2.45, 2.75) is 31.4 Å². The summed E-state index contributed by atoms with van der Waals surface area (Å²) in [6, 6.07) is 0.131. The molecule has 2 aliphatic heterocycles. The van der Waals surface area contributed by atoms with Crippen molar-refractivity contribution in [2.24, 2.45) is 0 Å². The number of carbonyl (C=O) groups excluding carboxylic acids is 2. The van der Waals surface area contributed by atoms with E-state index < -0.39 is 0 Å². The maximum absolute atomic E-state index is 12.1. The molecule has 2 saturated heterocycles. The Balaban J connectivity index is 1.65. The van der Waals surface area contributed by atoms with Gasteiger partial charge in [-0.05, 0) is 19.8 Å². The predicted molar refractivity (Wildman–Crippen MR) is 76.8 cm³/mol. The van der Waals surface area contributed by atoms with Crippen LogP contribution in [-0.4, -0.2) is 74.9 Å². The Morgan fingerprint density at radius 2 is 1.95 bits per heavy atom. The highest BCUT2D eigenvalue weighted by Gasteiger charge is 2.34. The minimum atomic E-state index is -0.192. The lowest BCUT2D eigenvalue weighted by Crippen LogP contribution is -2.60. The molecule has 2 aliphatic rings. The van der Waals surface area contributed by atoms with Crippen LogP contribution in [0.5, 0.6) is 0 Å². The normalized spacial score (nSPS) is 21.7. The number of amides is 2. The molecule has 2 heterocycles. The van der Waals surface area contributed by atoms with Crippen molar-refractivity contribution >= 4 is 11.8 Å². The van der Waals surface area contributed by atoms with Gasteiger partial charge in [0.2, 0.25) is 11.8 Å². The molecule has 0 unspecified atom stereocenters. The molecule has 0 spiro atoms.